The van der Waals surface area contributed by atoms with Gasteiger partial charge in [-0.1, -0.05) is 36.0 Å². The number of rotatable bonds is 4. The summed E-state index contributed by atoms with van der Waals surface area (Å²) in [5, 5.41) is 0. The van der Waals surface area contributed by atoms with Crippen molar-refractivity contribution in [1.82, 2.24) is 0 Å². The monoisotopic (exact) mass is 355 g/mol. The molecule has 1 saturated heterocycles. The summed E-state index contributed by atoms with van der Waals surface area (Å²) in [5.41, 5.74) is 2.17. The molecule has 1 fully saturated rings. The van der Waals surface area contributed by atoms with E-state index in [9.17, 15) is 9.59 Å². The number of carbonyl (C=O) groups excluding carboxylic acids is 2. The summed E-state index contributed by atoms with van der Waals surface area (Å²) in [4.78, 5) is 28.0. The number of esters is 2. The van der Waals surface area contributed by atoms with Crippen molar-refractivity contribution in [1.29, 1.82) is 0 Å². The standard InChI is InChI=1S/C19H17NO4S/c21-18(24-15-10-12-23-19(15)22)9-11-20-13-5-1-3-7-16(13)25-17-8-4-2-6-14(17)20/h1-8,15H,9-12H2. The maximum absolute atomic E-state index is 12.1. The molecule has 0 saturated carbocycles. The number of cyclic esters (lactones) is 1. The Morgan fingerprint density at radius 2 is 1.76 bits per heavy atom. The maximum Gasteiger partial charge on any atom is 0.347 e. The van der Waals surface area contributed by atoms with Crippen molar-refractivity contribution in [2.45, 2.75) is 28.7 Å². The third-order valence-electron chi connectivity index (χ3n) is 4.23. The Hall–Kier alpha value is -2.47. The van der Waals surface area contributed by atoms with Gasteiger partial charge in [-0.3, -0.25) is 4.79 Å². The number of hydrogen-bond acceptors (Lipinski definition) is 6. The largest absolute Gasteiger partial charge is 0.463 e. The van der Waals surface area contributed by atoms with Gasteiger partial charge in [0.1, 0.15) is 0 Å². The van der Waals surface area contributed by atoms with E-state index in [1.54, 1.807) is 11.8 Å². The van der Waals surface area contributed by atoms with Crippen LogP contribution in [-0.4, -0.2) is 31.2 Å². The summed E-state index contributed by atoms with van der Waals surface area (Å²) >= 11 is 1.73. The Morgan fingerprint density at radius 3 is 2.36 bits per heavy atom. The Kier molecular flexibility index (Phi) is 4.36. The molecular formula is C19H17NO4S. The highest BCUT2D eigenvalue weighted by atomic mass is 32.2. The van der Waals surface area contributed by atoms with Gasteiger partial charge < -0.3 is 14.4 Å². The summed E-state index contributed by atoms with van der Waals surface area (Å²) in [7, 11) is 0. The molecule has 2 heterocycles. The fourth-order valence-electron chi connectivity index (χ4n) is 3.03. The number of carbonyl (C=O) groups is 2. The van der Waals surface area contributed by atoms with Crippen LogP contribution in [0.25, 0.3) is 0 Å². The van der Waals surface area contributed by atoms with Gasteiger partial charge in [0.25, 0.3) is 0 Å². The van der Waals surface area contributed by atoms with E-state index in [0.29, 0.717) is 19.6 Å². The van der Waals surface area contributed by atoms with E-state index < -0.39 is 12.1 Å². The van der Waals surface area contributed by atoms with E-state index >= 15 is 0 Å². The summed E-state index contributed by atoms with van der Waals surface area (Å²) in [6.07, 6.45) is -0.0998. The molecule has 0 N–H and O–H groups in total. The van der Waals surface area contributed by atoms with Gasteiger partial charge in [-0.25, -0.2) is 4.79 Å². The van der Waals surface area contributed by atoms with Crippen molar-refractivity contribution >= 4 is 35.1 Å². The number of nitrogens with zero attached hydrogens (tertiary/aromatic N) is 1. The smallest absolute Gasteiger partial charge is 0.347 e. The zero-order chi connectivity index (χ0) is 17.2. The molecule has 2 aliphatic heterocycles. The zero-order valence-electron chi connectivity index (χ0n) is 13.5. The fourth-order valence-corrected chi connectivity index (χ4v) is 4.12. The number of para-hydroxylation sites is 2. The van der Waals surface area contributed by atoms with Crippen LogP contribution in [0, 0.1) is 0 Å². The number of benzene rings is 2. The number of fused-ring (bicyclic) bond motifs is 2. The lowest BCUT2D eigenvalue weighted by molar-refractivity contribution is -0.160. The topological polar surface area (TPSA) is 55.8 Å². The van der Waals surface area contributed by atoms with E-state index in [0.717, 1.165) is 21.2 Å². The minimum atomic E-state index is -0.746. The molecule has 0 amide bonds. The van der Waals surface area contributed by atoms with E-state index in [2.05, 4.69) is 29.2 Å². The minimum absolute atomic E-state index is 0.205. The highest BCUT2D eigenvalue weighted by Gasteiger charge is 2.30. The normalized spacial score (nSPS) is 18.3. The van der Waals surface area contributed by atoms with Gasteiger partial charge in [-0.05, 0) is 24.3 Å². The van der Waals surface area contributed by atoms with Crippen LogP contribution < -0.4 is 4.90 Å². The van der Waals surface area contributed by atoms with Crippen LogP contribution in [0.3, 0.4) is 0 Å². The first-order valence-electron chi connectivity index (χ1n) is 8.22. The molecule has 0 aliphatic carbocycles. The second-order valence-electron chi connectivity index (χ2n) is 5.87. The van der Waals surface area contributed by atoms with Crippen molar-refractivity contribution in [3.05, 3.63) is 48.5 Å². The molecule has 4 rings (SSSR count). The molecule has 6 heteroatoms. The first kappa shape index (κ1) is 16.0. The molecule has 1 unspecified atom stereocenters. The third kappa shape index (κ3) is 3.22. The second-order valence-corrected chi connectivity index (χ2v) is 6.96. The van der Waals surface area contributed by atoms with Crippen LogP contribution in [0.15, 0.2) is 58.3 Å². The number of hydrogen-bond donors (Lipinski definition) is 0. The van der Waals surface area contributed by atoms with Gasteiger partial charge in [0.05, 0.1) is 24.4 Å². The molecule has 2 aliphatic rings. The molecular weight excluding hydrogens is 338 g/mol. The molecule has 2 aromatic rings. The van der Waals surface area contributed by atoms with Gasteiger partial charge in [-0.15, -0.1) is 0 Å². The Labute approximate surface area is 149 Å². The van der Waals surface area contributed by atoms with Crippen molar-refractivity contribution < 1.29 is 19.1 Å². The predicted molar refractivity (Wildman–Crippen MR) is 94.1 cm³/mol. The molecule has 0 bridgehead atoms. The fraction of sp³-hybridized carbons (Fsp3) is 0.263. The van der Waals surface area contributed by atoms with Crippen molar-refractivity contribution in [3.8, 4) is 0 Å². The van der Waals surface area contributed by atoms with Gasteiger partial charge in [0, 0.05) is 22.8 Å². The van der Waals surface area contributed by atoms with Crippen LogP contribution in [0.4, 0.5) is 11.4 Å². The molecule has 0 radical (unpaired) electrons. The summed E-state index contributed by atoms with van der Waals surface area (Å²) < 4.78 is 10.1. The number of anilines is 2. The van der Waals surface area contributed by atoms with Crippen LogP contribution in [0.5, 0.6) is 0 Å². The van der Waals surface area contributed by atoms with E-state index in [1.807, 2.05) is 24.3 Å². The van der Waals surface area contributed by atoms with Crippen molar-refractivity contribution in [2.75, 3.05) is 18.1 Å². The van der Waals surface area contributed by atoms with Crippen molar-refractivity contribution in [3.63, 3.8) is 0 Å². The quantitative estimate of drug-likeness (QED) is 0.782. The first-order valence-corrected chi connectivity index (χ1v) is 9.03. The molecule has 5 nitrogen and oxygen atoms in total. The highest BCUT2D eigenvalue weighted by Crippen LogP contribution is 2.47. The molecule has 25 heavy (non-hydrogen) atoms. The average Bonchev–Trinajstić information content (AvgIpc) is 3.03. The van der Waals surface area contributed by atoms with Gasteiger partial charge in [-0.2, -0.15) is 0 Å². The molecule has 0 aromatic heterocycles. The Balaban J connectivity index is 1.50. The van der Waals surface area contributed by atoms with Crippen LogP contribution in [-0.2, 0) is 19.1 Å². The number of ether oxygens (including phenoxy) is 2. The summed E-state index contributed by atoms with van der Waals surface area (Å²) in [6, 6.07) is 16.3. The second kappa shape index (κ2) is 6.80. The molecule has 0 spiro atoms. The van der Waals surface area contributed by atoms with E-state index in [4.69, 9.17) is 9.47 Å². The Morgan fingerprint density at radius 1 is 1.12 bits per heavy atom. The minimum Gasteiger partial charge on any atom is -0.463 e. The summed E-state index contributed by atoms with van der Waals surface area (Å²) in [6.45, 7) is 0.816. The average molecular weight is 355 g/mol. The zero-order valence-corrected chi connectivity index (χ0v) is 14.3. The SMILES string of the molecule is O=C(CCN1c2ccccc2Sc2ccccc21)OC1CCOC1=O. The lowest BCUT2D eigenvalue weighted by atomic mass is 10.2. The lowest BCUT2D eigenvalue weighted by Crippen LogP contribution is -2.27. The third-order valence-corrected chi connectivity index (χ3v) is 5.36. The van der Waals surface area contributed by atoms with Crippen LogP contribution >= 0.6 is 11.8 Å². The predicted octanol–water partition coefficient (Wildman–Crippen LogP) is 3.54. The molecule has 128 valence electrons. The van der Waals surface area contributed by atoms with E-state index in [1.165, 1.54) is 0 Å². The molecule has 2 aromatic carbocycles. The first-order chi connectivity index (χ1) is 12.2. The van der Waals surface area contributed by atoms with Crippen LogP contribution in [0.2, 0.25) is 0 Å². The Bertz CT molecular complexity index is 777. The highest BCUT2D eigenvalue weighted by molar-refractivity contribution is 7.99. The van der Waals surface area contributed by atoms with Gasteiger partial charge >= 0.3 is 11.9 Å². The molecule has 1 atom stereocenters. The van der Waals surface area contributed by atoms with Crippen molar-refractivity contribution in [2.24, 2.45) is 0 Å². The van der Waals surface area contributed by atoms with Crippen LogP contribution in [0.1, 0.15) is 12.8 Å². The van der Waals surface area contributed by atoms with Gasteiger partial charge in [0.2, 0.25) is 6.10 Å². The lowest BCUT2D eigenvalue weighted by Gasteiger charge is -2.32. The van der Waals surface area contributed by atoms with E-state index in [-0.39, 0.29) is 12.4 Å². The maximum atomic E-state index is 12.1. The van der Waals surface area contributed by atoms with Gasteiger partial charge in [0.15, 0.2) is 0 Å². The summed E-state index contributed by atoms with van der Waals surface area (Å²) in [5.74, 6) is -0.824.